The minimum Gasteiger partial charge on any atom is -0.493 e. The standard InChI is InChI=1S/C14H23NO5S/c1-11(2)8-20-12-4-6-13(7-5-12)21(18,19)15-14(3,9-16)10-17/h4-7,11,15-17H,8-10H2,1-3H3. The van der Waals surface area contributed by atoms with Crippen molar-refractivity contribution in [2.24, 2.45) is 5.92 Å². The molecule has 0 spiro atoms. The monoisotopic (exact) mass is 317 g/mol. The maximum absolute atomic E-state index is 12.2. The molecule has 1 aromatic carbocycles. The van der Waals surface area contributed by atoms with Gasteiger partial charge in [0.05, 0.1) is 30.3 Å². The number of hydrogen-bond donors (Lipinski definition) is 3. The van der Waals surface area contributed by atoms with Crippen molar-refractivity contribution < 1.29 is 23.4 Å². The van der Waals surface area contributed by atoms with Crippen LogP contribution in [-0.2, 0) is 10.0 Å². The van der Waals surface area contributed by atoms with E-state index >= 15 is 0 Å². The summed E-state index contributed by atoms with van der Waals surface area (Å²) in [5.74, 6) is 0.972. The second-order valence-electron chi connectivity index (χ2n) is 5.66. The number of ether oxygens (including phenoxy) is 1. The van der Waals surface area contributed by atoms with E-state index in [-0.39, 0.29) is 4.90 Å². The zero-order chi connectivity index (χ0) is 16.1. The summed E-state index contributed by atoms with van der Waals surface area (Å²) in [7, 11) is -3.82. The van der Waals surface area contributed by atoms with Gasteiger partial charge in [0.15, 0.2) is 0 Å². The van der Waals surface area contributed by atoms with Gasteiger partial charge in [0.25, 0.3) is 0 Å². The van der Waals surface area contributed by atoms with Gasteiger partial charge < -0.3 is 14.9 Å². The van der Waals surface area contributed by atoms with Crippen molar-refractivity contribution in [3.63, 3.8) is 0 Å². The second-order valence-corrected chi connectivity index (χ2v) is 7.34. The quantitative estimate of drug-likeness (QED) is 0.657. The summed E-state index contributed by atoms with van der Waals surface area (Å²) in [5, 5.41) is 18.3. The van der Waals surface area contributed by atoms with Gasteiger partial charge in [0, 0.05) is 0 Å². The summed E-state index contributed by atoms with van der Waals surface area (Å²) in [5.41, 5.74) is -1.30. The van der Waals surface area contributed by atoms with Crippen LogP contribution in [0.2, 0.25) is 0 Å². The third-order valence-corrected chi connectivity index (χ3v) is 4.45. The van der Waals surface area contributed by atoms with Crippen molar-refractivity contribution in [3.05, 3.63) is 24.3 Å². The molecule has 1 aromatic rings. The number of sulfonamides is 1. The number of hydrogen-bond acceptors (Lipinski definition) is 5. The van der Waals surface area contributed by atoms with Gasteiger partial charge in [-0.3, -0.25) is 0 Å². The molecule has 7 heteroatoms. The summed E-state index contributed by atoms with van der Waals surface area (Å²) in [6.07, 6.45) is 0. The molecule has 0 aromatic heterocycles. The van der Waals surface area contributed by atoms with Crippen LogP contribution < -0.4 is 9.46 Å². The Morgan fingerprint density at radius 2 is 1.71 bits per heavy atom. The minimum absolute atomic E-state index is 0.0486. The van der Waals surface area contributed by atoms with Crippen LogP contribution in [0.25, 0.3) is 0 Å². The average Bonchev–Trinajstić information content (AvgIpc) is 2.45. The molecule has 0 bridgehead atoms. The smallest absolute Gasteiger partial charge is 0.241 e. The van der Waals surface area contributed by atoms with Gasteiger partial charge >= 0.3 is 0 Å². The lowest BCUT2D eigenvalue weighted by atomic mass is 10.1. The number of benzene rings is 1. The van der Waals surface area contributed by atoms with Gasteiger partial charge in [-0.1, -0.05) is 13.8 Å². The molecule has 1 rings (SSSR count). The average molecular weight is 317 g/mol. The Morgan fingerprint density at radius 3 is 2.14 bits per heavy atom. The van der Waals surface area contributed by atoms with Crippen LogP contribution in [0.4, 0.5) is 0 Å². The summed E-state index contributed by atoms with van der Waals surface area (Å²) >= 11 is 0. The summed E-state index contributed by atoms with van der Waals surface area (Å²) < 4.78 is 32.1. The highest BCUT2D eigenvalue weighted by Gasteiger charge is 2.29. The van der Waals surface area contributed by atoms with Crippen molar-refractivity contribution >= 4 is 10.0 Å². The van der Waals surface area contributed by atoms with E-state index in [2.05, 4.69) is 4.72 Å². The number of aliphatic hydroxyl groups is 2. The predicted molar refractivity (Wildman–Crippen MR) is 79.7 cm³/mol. The molecule has 6 nitrogen and oxygen atoms in total. The first-order valence-electron chi connectivity index (χ1n) is 6.71. The molecule has 3 N–H and O–H groups in total. The van der Waals surface area contributed by atoms with E-state index in [1.807, 2.05) is 13.8 Å². The van der Waals surface area contributed by atoms with Gasteiger partial charge in [-0.05, 0) is 37.1 Å². The first-order chi connectivity index (χ1) is 9.72. The zero-order valence-corrected chi connectivity index (χ0v) is 13.4. The Labute approximate surface area is 125 Å². The lowest BCUT2D eigenvalue weighted by Crippen LogP contribution is -2.51. The van der Waals surface area contributed by atoms with E-state index in [0.717, 1.165) is 0 Å². The van der Waals surface area contributed by atoms with Crippen LogP contribution in [0.3, 0.4) is 0 Å². The molecule has 0 unspecified atom stereocenters. The first-order valence-corrected chi connectivity index (χ1v) is 8.19. The van der Waals surface area contributed by atoms with Crippen molar-refractivity contribution in [1.82, 2.24) is 4.72 Å². The Balaban J connectivity index is 2.85. The zero-order valence-electron chi connectivity index (χ0n) is 12.5. The molecule has 0 aliphatic heterocycles. The largest absolute Gasteiger partial charge is 0.493 e. The van der Waals surface area contributed by atoms with E-state index in [0.29, 0.717) is 18.3 Å². The molecule has 0 amide bonds. The highest BCUT2D eigenvalue weighted by atomic mass is 32.2. The Kier molecular flexibility index (Phi) is 6.15. The van der Waals surface area contributed by atoms with E-state index in [4.69, 9.17) is 14.9 Å². The highest BCUT2D eigenvalue weighted by Crippen LogP contribution is 2.18. The Morgan fingerprint density at radius 1 is 1.19 bits per heavy atom. The molecule has 0 saturated heterocycles. The van der Waals surface area contributed by atoms with E-state index < -0.39 is 28.8 Å². The molecule has 0 atom stereocenters. The third-order valence-electron chi connectivity index (χ3n) is 2.80. The minimum atomic E-state index is -3.82. The van der Waals surface area contributed by atoms with Crippen LogP contribution in [0.1, 0.15) is 20.8 Å². The normalized spacial score (nSPS) is 12.7. The Bertz CT molecular complexity index is 535. The van der Waals surface area contributed by atoms with Gasteiger partial charge in [-0.25, -0.2) is 13.1 Å². The first kappa shape index (κ1) is 17.9. The number of rotatable bonds is 8. The summed E-state index contributed by atoms with van der Waals surface area (Å²) in [6.45, 7) is 5.01. The number of nitrogens with one attached hydrogen (secondary N) is 1. The second kappa shape index (κ2) is 7.22. The van der Waals surface area contributed by atoms with E-state index in [1.165, 1.54) is 19.1 Å². The van der Waals surface area contributed by atoms with Crippen molar-refractivity contribution in [1.29, 1.82) is 0 Å². The fraction of sp³-hybridized carbons (Fsp3) is 0.571. The van der Waals surface area contributed by atoms with Crippen LogP contribution in [0, 0.1) is 5.92 Å². The van der Waals surface area contributed by atoms with Gasteiger partial charge in [0.1, 0.15) is 5.75 Å². The van der Waals surface area contributed by atoms with E-state index in [9.17, 15) is 8.42 Å². The lowest BCUT2D eigenvalue weighted by Gasteiger charge is -2.25. The molecule has 0 heterocycles. The third kappa shape index (κ3) is 5.28. The molecule has 0 fully saturated rings. The molecule has 0 aliphatic rings. The molecule has 0 saturated carbocycles. The SMILES string of the molecule is CC(C)COc1ccc(S(=O)(=O)NC(C)(CO)CO)cc1. The van der Waals surface area contributed by atoms with Crippen LogP contribution in [0.5, 0.6) is 5.75 Å². The van der Waals surface area contributed by atoms with Crippen molar-refractivity contribution in [2.75, 3.05) is 19.8 Å². The van der Waals surface area contributed by atoms with Gasteiger partial charge in [0.2, 0.25) is 10.0 Å². The maximum atomic E-state index is 12.2. The van der Waals surface area contributed by atoms with Crippen molar-refractivity contribution in [3.8, 4) is 5.75 Å². The molecular weight excluding hydrogens is 294 g/mol. The molecule has 21 heavy (non-hydrogen) atoms. The summed E-state index contributed by atoms with van der Waals surface area (Å²) in [6, 6.07) is 6.00. The molecule has 120 valence electrons. The van der Waals surface area contributed by atoms with Crippen molar-refractivity contribution in [2.45, 2.75) is 31.2 Å². The van der Waals surface area contributed by atoms with E-state index in [1.54, 1.807) is 12.1 Å². The summed E-state index contributed by atoms with van der Waals surface area (Å²) in [4.78, 5) is 0.0486. The van der Waals surface area contributed by atoms with Gasteiger partial charge in [-0.15, -0.1) is 0 Å². The lowest BCUT2D eigenvalue weighted by molar-refractivity contribution is 0.122. The molecular formula is C14H23NO5S. The Hall–Kier alpha value is -1.15. The van der Waals surface area contributed by atoms with Crippen LogP contribution >= 0.6 is 0 Å². The highest BCUT2D eigenvalue weighted by molar-refractivity contribution is 7.89. The van der Waals surface area contributed by atoms with Crippen LogP contribution in [0.15, 0.2) is 29.2 Å². The van der Waals surface area contributed by atoms with Gasteiger partial charge in [-0.2, -0.15) is 0 Å². The van der Waals surface area contributed by atoms with Crippen LogP contribution in [-0.4, -0.2) is 44.0 Å². The molecule has 0 aliphatic carbocycles. The number of aliphatic hydroxyl groups excluding tert-OH is 2. The molecule has 0 radical (unpaired) electrons. The fourth-order valence-electron chi connectivity index (χ4n) is 1.48. The fourth-order valence-corrected chi connectivity index (χ4v) is 2.87. The predicted octanol–water partition coefficient (Wildman–Crippen LogP) is 0.743. The maximum Gasteiger partial charge on any atom is 0.241 e. The topological polar surface area (TPSA) is 95.9 Å².